The summed E-state index contributed by atoms with van der Waals surface area (Å²) in [5.41, 5.74) is -0.310. The van der Waals surface area contributed by atoms with E-state index in [4.69, 9.17) is 0 Å². The second-order valence-corrected chi connectivity index (χ2v) is 3.21. The monoisotopic (exact) mass is 236 g/mol. The van der Waals surface area contributed by atoms with Crippen molar-refractivity contribution in [3.63, 3.8) is 0 Å². The zero-order chi connectivity index (χ0) is 12.4. The van der Waals surface area contributed by atoms with Crippen LogP contribution < -0.4 is 4.74 Å². The van der Waals surface area contributed by atoms with Crippen LogP contribution in [0.25, 0.3) is 0 Å². The van der Waals surface area contributed by atoms with Crippen LogP contribution in [0.1, 0.15) is 18.9 Å². The van der Waals surface area contributed by atoms with Crippen molar-refractivity contribution in [2.24, 2.45) is 0 Å². The highest BCUT2D eigenvalue weighted by atomic mass is 19.4. The maximum atomic E-state index is 12.0. The summed E-state index contributed by atoms with van der Waals surface area (Å²) in [5, 5.41) is 19.0. The van der Waals surface area contributed by atoms with Gasteiger partial charge >= 0.3 is 6.36 Å². The Morgan fingerprint density at radius 3 is 2.25 bits per heavy atom. The second-order valence-electron chi connectivity index (χ2n) is 3.21. The van der Waals surface area contributed by atoms with Crippen LogP contribution in [-0.4, -0.2) is 16.6 Å². The largest absolute Gasteiger partial charge is 0.573 e. The molecule has 0 heterocycles. The molecule has 0 spiro atoms. The average Bonchev–Trinajstić information content (AvgIpc) is 2.16. The molecule has 1 aromatic rings. The van der Waals surface area contributed by atoms with Gasteiger partial charge in [-0.3, -0.25) is 0 Å². The fourth-order valence-electron chi connectivity index (χ4n) is 1.20. The molecule has 16 heavy (non-hydrogen) atoms. The summed E-state index contributed by atoms with van der Waals surface area (Å²) in [5.74, 6) is -2.94. The van der Waals surface area contributed by atoms with Gasteiger partial charge < -0.3 is 14.9 Å². The predicted molar refractivity (Wildman–Crippen MR) is 49.5 cm³/mol. The minimum atomic E-state index is -4.86. The number of hydrogen-bond acceptors (Lipinski definition) is 3. The standard InChI is InChI=1S/C10H11F3O3/c1-2-9(14,15)7-5-3-4-6-8(7)16-10(11,12)13/h3-6,14-15H,2H2,1H3. The molecule has 3 nitrogen and oxygen atoms in total. The molecule has 0 atom stereocenters. The summed E-state index contributed by atoms with van der Waals surface area (Å²) in [6.07, 6.45) is -5.01. The highest BCUT2D eigenvalue weighted by Crippen LogP contribution is 2.33. The van der Waals surface area contributed by atoms with Gasteiger partial charge in [-0.25, -0.2) is 0 Å². The van der Waals surface area contributed by atoms with Crippen molar-refractivity contribution in [2.45, 2.75) is 25.5 Å². The zero-order valence-corrected chi connectivity index (χ0v) is 8.45. The van der Waals surface area contributed by atoms with Crippen LogP contribution in [0.4, 0.5) is 13.2 Å². The van der Waals surface area contributed by atoms with E-state index in [9.17, 15) is 23.4 Å². The molecule has 0 bridgehead atoms. The van der Waals surface area contributed by atoms with Gasteiger partial charge in [-0.15, -0.1) is 13.2 Å². The third kappa shape index (κ3) is 3.11. The highest BCUT2D eigenvalue weighted by molar-refractivity contribution is 5.36. The van der Waals surface area contributed by atoms with Crippen molar-refractivity contribution < 1.29 is 28.1 Å². The molecule has 0 saturated carbocycles. The summed E-state index contributed by atoms with van der Waals surface area (Å²) in [7, 11) is 0. The molecule has 0 fully saturated rings. The van der Waals surface area contributed by atoms with Gasteiger partial charge in [-0.2, -0.15) is 0 Å². The molecule has 0 amide bonds. The molecule has 0 radical (unpaired) electrons. The molecule has 0 aromatic heterocycles. The average molecular weight is 236 g/mol. The number of rotatable bonds is 3. The molecule has 0 aliphatic rings. The number of benzene rings is 1. The third-order valence-electron chi connectivity index (χ3n) is 2.04. The maximum absolute atomic E-state index is 12.0. The van der Waals surface area contributed by atoms with E-state index in [1.54, 1.807) is 0 Å². The van der Waals surface area contributed by atoms with Crippen LogP contribution >= 0.6 is 0 Å². The van der Waals surface area contributed by atoms with Gasteiger partial charge in [0.1, 0.15) is 5.75 Å². The highest BCUT2D eigenvalue weighted by Gasteiger charge is 2.35. The van der Waals surface area contributed by atoms with Gasteiger partial charge in [0, 0.05) is 6.42 Å². The quantitative estimate of drug-likeness (QED) is 0.790. The van der Waals surface area contributed by atoms with E-state index in [0.29, 0.717) is 0 Å². The van der Waals surface area contributed by atoms with Crippen LogP contribution in [0.5, 0.6) is 5.75 Å². The van der Waals surface area contributed by atoms with Crippen molar-refractivity contribution >= 4 is 0 Å². The van der Waals surface area contributed by atoms with Gasteiger partial charge in [0.2, 0.25) is 0 Å². The fraction of sp³-hybridized carbons (Fsp3) is 0.400. The summed E-state index contributed by atoms with van der Waals surface area (Å²) in [6.45, 7) is 1.43. The van der Waals surface area contributed by atoms with Gasteiger partial charge in [0.25, 0.3) is 0 Å². The Morgan fingerprint density at radius 2 is 1.75 bits per heavy atom. The number of para-hydroxylation sites is 1. The first-order valence-corrected chi connectivity index (χ1v) is 4.56. The summed E-state index contributed by atoms with van der Waals surface area (Å²) >= 11 is 0. The molecule has 1 aromatic carbocycles. The molecular formula is C10H11F3O3. The topological polar surface area (TPSA) is 49.7 Å². The Hall–Kier alpha value is -1.27. The predicted octanol–water partition coefficient (Wildman–Crippen LogP) is 2.13. The van der Waals surface area contributed by atoms with E-state index in [1.165, 1.54) is 25.1 Å². The molecule has 90 valence electrons. The third-order valence-corrected chi connectivity index (χ3v) is 2.04. The van der Waals surface area contributed by atoms with E-state index in [2.05, 4.69) is 4.74 Å². The maximum Gasteiger partial charge on any atom is 0.573 e. The first-order chi connectivity index (χ1) is 7.26. The molecule has 0 aliphatic carbocycles. The SMILES string of the molecule is CCC(O)(O)c1ccccc1OC(F)(F)F. The van der Waals surface area contributed by atoms with Crippen molar-refractivity contribution in [1.29, 1.82) is 0 Å². The van der Waals surface area contributed by atoms with Gasteiger partial charge in [-0.1, -0.05) is 19.1 Å². The van der Waals surface area contributed by atoms with E-state index in [1.807, 2.05) is 0 Å². The lowest BCUT2D eigenvalue weighted by atomic mass is 10.0. The van der Waals surface area contributed by atoms with E-state index < -0.39 is 17.9 Å². The van der Waals surface area contributed by atoms with E-state index in [-0.39, 0.29) is 12.0 Å². The van der Waals surface area contributed by atoms with Crippen LogP contribution in [0.15, 0.2) is 24.3 Å². The van der Waals surface area contributed by atoms with Gasteiger partial charge in [-0.05, 0) is 12.1 Å². The number of hydrogen-bond donors (Lipinski definition) is 2. The Kier molecular flexibility index (Phi) is 3.44. The number of alkyl halides is 3. The number of ether oxygens (including phenoxy) is 1. The molecule has 0 saturated heterocycles. The molecule has 1 rings (SSSR count). The number of aliphatic hydroxyl groups is 2. The Labute approximate surface area is 90.1 Å². The lowest BCUT2D eigenvalue weighted by molar-refractivity contribution is -0.276. The molecule has 0 aliphatic heterocycles. The normalized spacial score (nSPS) is 12.6. The Balaban J connectivity index is 3.11. The lowest BCUT2D eigenvalue weighted by Crippen LogP contribution is -2.26. The van der Waals surface area contributed by atoms with Crippen LogP contribution in [-0.2, 0) is 5.79 Å². The minimum absolute atomic E-state index is 0.148. The summed E-state index contributed by atoms with van der Waals surface area (Å²) < 4.78 is 39.8. The lowest BCUT2D eigenvalue weighted by Gasteiger charge is -2.23. The van der Waals surface area contributed by atoms with Crippen molar-refractivity contribution in [2.75, 3.05) is 0 Å². The zero-order valence-electron chi connectivity index (χ0n) is 8.45. The van der Waals surface area contributed by atoms with Gasteiger partial charge in [0.05, 0.1) is 5.56 Å². The molecular weight excluding hydrogens is 225 g/mol. The van der Waals surface area contributed by atoms with Crippen LogP contribution in [0, 0.1) is 0 Å². The van der Waals surface area contributed by atoms with Crippen molar-refractivity contribution in [3.05, 3.63) is 29.8 Å². The van der Waals surface area contributed by atoms with E-state index in [0.717, 1.165) is 6.07 Å². The first-order valence-electron chi connectivity index (χ1n) is 4.56. The van der Waals surface area contributed by atoms with Gasteiger partial charge in [0.15, 0.2) is 5.79 Å². The fourth-order valence-corrected chi connectivity index (χ4v) is 1.20. The summed E-state index contributed by atoms with van der Waals surface area (Å²) in [6, 6.07) is 4.91. The molecule has 0 unspecified atom stereocenters. The van der Waals surface area contributed by atoms with Crippen molar-refractivity contribution in [3.8, 4) is 5.75 Å². The Morgan fingerprint density at radius 1 is 1.19 bits per heavy atom. The molecule has 6 heteroatoms. The van der Waals surface area contributed by atoms with E-state index >= 15 is 0 Å². The number of halogens is 3. The second kappa shape index (κ2) is 4.31. The summed E-state index contributed by atoms with van der Waals surface area (Å²) in [4.78, 5) is 0. The molecule has 2 N–H and O–H groups in total. The smallest absolute Gasteiger partial charge is 0.405 e. The van der Waals surface area contributed by atoms with Crippen LogP contribution in [0.3, 0.4) is 0 Å². The minimum Gasteiger partial charge on any atom is -0.405 e. The van der Waals surface area contributed by atoms with Crippen molar-refractivity contribution in [1.82, 2.24) is 0 Å². The van der Waals surface area contributed by atoms with Crippen LogP contribution in [0.2, 0.25) is 0 Å². The first kappa shape index (κ1) is 12.8. The Bertz CT molecular complexity index is 361.